The minimum absolute atomic E-state index is 0.358. The number of benzene rings is 1. The highest BCUT2D eigenvalue weighted by Crippen LogP contribution is 2.19. The lowest BCUT2D eigenvalue weighted by Gasteiger charge is -2.08. The van der Waals surface area contributed by atoms with Gasteiger partial charge in [0.1, 0.15) is 5.82 Å². The Kier molecular flexibility index (Phi) is 3.86. The maximum atomic E-state index is 11.9. The van der Waals surface area contributed by atoms with Crippen LogP contribution in [0.1, 0.15) is 33.1 Å². The van der Waals surface area contributed by atoms with E-state index < -0.39 is 5.97 Å². The van der Waals surface area contributed by atoms with Crippen LogP contribution in [0.2, 0.25) is 5.02 Å². The van der Waals surface area contributed by atoms with Gasteiger partial charge in [0.25, 0.3) is 0 Å². The lowest BCUT2D eigenvalue weighted by atomic mass is 10.1. The van der Waals surface area contributed by atoms with Crippen LogP contribution in [-0.4, -0.2) is 23.0 Å². The number of fused-ring (bicyclic) bond motifs is 1. The fraction of sp³-hybridized carbons (Fsp3) is 0.267. The van der Waals surface area contributed by atoms with Crippen molar-refractivity contribution >= 4 is 17.6 Å². The van der Waals surface area contributed by atoms with Crippen molar-refractivity contribution in [2.75, 3.05) is 7.11 Å². The van der Waals surface area contributed by atoms with Gasteiger partial charge in [0.2, 0.25) is 0 Å². The molecule has 1 N–H and O–H groups in total. The maximum Gasteiger partial charge on any atom is 0.357 e. The number of carbonyl (C=O) groups excluding carboxylic acids is 1. The Labute approximate surface area is 127 Å². The van der Waals surface area contributed by atoms with Gasteiger partial charge in [-0.2, -0.15) is 0 Å². The molecule has 6 heteroatoms. The second-order valence-electron chi connectivity index (χ2n) is 4.81. The number of hydrogen-bond acceptors (Lipinski definition) is 5. The summed E-state index contributed by atoms with van der Waals surface area (Å²) in [6.45, 7) is 1.25. The van der Waals surface area contributed by atoms with Crippen LogP contribution in [0, 0.1) is 0 Å². The Hall–Kier alpha value is -1.98. The van der Waals surface area contributed by atoms with Crippen molar-refractivity contribution in [2.24, 2.45) is 0 Å². The molecule has 1 aromatic heterocycles. The molecule has 0 fully saturated rings. The number of rotatable bonds is 3. The molecule has 21 heavy (non-hydrogen) atoms. The number of carbonyl (C=O) groups is 1. The fourth-order valence-corrected chi connectivity index (χ4v) is 2.47. The zero-order valence-electron chi connectivity index (χ0n) is 11.5. The molecule has 1 aliphatic heterocycles. The second kappa shape index (κ2) is 5.79. The minimum atomic E-state index is -0.422. The van der Waals surface area contributed by atoms with E-state index in [1.54, 1.807) is 0 Å². The summed E-state index contributed by atoms with van der Waals surface area (Å²) >= 11 is 5.88. The van der Waals surface area contributed by atoms with E-state index in [1.807, 2.05) is 24.3 Å². The molecule has 1 aliphatic rings. The highest BCUT2D eigenvalue weighted by atomic mass is 35.5. The molecule has 3 rings (SSSR count). The zero-order valence-corrected chi connectivity index (χ0v) is 12.3. The summed E-state index contributed by atoms with van der Waals surface area (Å²) in [5.41, 5.74) is 3.11. The van der Waals surface area contributed by atoms with Crippen LogP contribution in [0.4, 0.5) is 0 Å². The monoisotopic (exact) mass is 303 g/mol. The van der Waals surface area contributed by atoms with Gasteiger partial charge in [0, 0.05) is 30.1 Å². The molecule has 0 aliphatic carbocycles. The van der Waals surface area contributed by atoms with Gasteiger partial charge in [-0.3, -0.25) is 0 Å². The Bertz CT molecular complexity index is 686. The summed E-state index contributed by atoms with van der Waals surface area (Å²) in [6.07, 6.45) is 0.550. The Morgan fingerprint density at radius 3 is 2.76 bits per heavy atom. The summed E-state index contributed by atoms with van der Waals surface area (Å²) < 4.78 is 4.81. The largest absolute Gasteiger partial charge is 0.464 e. The van der Waals surface area contributed by atoms with Gasteiger partial charge in [-0.1, -0.05) is 23.7 Å². The van der Waals surface area contributed by atoms with Gasteiger partial charge in [0.05, 0.1) is 12.8 Å². The third-order valence-corrected chi connectivity index (χ3v) is 3.64. The van der Waals surface area contributed by atoms with Gasteiger partial charge in [0.15, 0.2) is 5.69 Å². The number of nitrogens with one attached hydrogen (secondary N) is 1. The molecule has 1 aromatic carbocycles. The molecule has 2 heterocycles. The Morgan fingerprint density at radius 1 is 1.29 bits per heavy atom. The number of halogens is 1. The first-order valence-electron chi connectivity index (χ1n) is 6.59. The van der Waals surface area contributed by atoms with Gasteiger partial charge < -0.3 is 10.1 Å². The number of aromatic nitrogens is 2. The quantitative estimate of drug-likeness (QED) is 0.880. The predicted octanol–water partition coefficient (Wildman–Crippen LogP) is 2.11. The average molecular weight is 304 g/mol. The topological polar surface area (TPSA) is 64.1 Å². The van der Waals surface area contributed by atoms with Gasteiger partial charge in [-0.25, -0.2) is 14.8 Å². The first-order chi connectivity index (χ1) is 10.2. The molecule has 108 valence electrons. The van der Waals surface area contributed by atoms with Gasteiger partial charge in [-0.05, 0) is 17.7 Å². The maximum absolute atomic E-state index is 11.9. The average Bonchev–Trinajstić information content (AvgIpc) is 2.96. The predicted molar refractivity (Wildman–Crippen MR) is 78.2 cm³/mol. The van der Waals surface area contributed by atoms with Crippen molar-refractivity contribution in [3.8, 4) is 0 Å². The molecule has 5 nitrogen and oxygen atoms in total. The summed E-state index contributed by atoms with van der Waals surface area (Å²) in [4.78, 5) is 20.8. The summed E-state index contributed by atoms with van der Waals surface area (Å²) in [5.74, 6) is 0.190. The van der Waals surface area contributed by atoms with E-state index in [4.69, 9.17) is 16.3 Å². The molecule has 2 aromatic rings. The van der Waals surface area contributed by atoms with Gasteiger partial charge >= 0.3 is 5.97 Å². The minimum Gasteiger partial charge on any atom is -0.464 e. The summed E-state index contributed by atoms with van der Waals surface area (Å²) in [5, 5.41) is 3.87. The van der Waals surface area contributed by atoms with E-state index in [2.05, 4.69) is 15.3 Å². The number of methoxy groups -OCH3 is 1. The van der Waals surface area contributed by atoms with Gasteiger partial charge in [-0.15, -0.1) is 0 Å². The number of hydrogen-bond donors (Lipinski definition) is 1. The fourth-order valence-electron chi connectivity index (χ4n) is 2.35. The van der Waals surface area contributed by atoms with Crippen LogP contribution >= 0.6 is 11.6 Å². The molecule has 0 saturated carbocycles. The van der Waals surface area contributed by atoms with E-state index in [0.717, 1.165) is 16.8 Å². The number of ether oxygens (including phenoxy) is 1. The van der Waals surface area contributed by atoms with E-state index in [9.17, 15) is 4.79 Å². The zero-order chi connectivity index (χ0) is 14.8. The molecular formula is C15H14ClN3O2. The molecule has 0 unspecified atom stereocenters. The first-order valence-corrected chi connectivity index (χ1v) is 6.97. The van der Waals surface area contributed by atoms with Crippen molar-refractivity contribution in [1.82, 2.24) is 15.3 Å². The molecule has 0 amide bonds. The molecule has 0 saturated heterocycles. The Balaban J connectivity index is 1.96. The number of esters is 1. The van der Waals surface area contributed by atoms with Crippen LogP contribution in [0.15, 0.2) is 24.3 Å². The normalized spacial score (nSPS) is 13.0. The van der Waals surface area contributed by atoms with Crippen LogP contribution in [0.3, 0.4) is 0 Å². The van der Waals surface area contributed by atoms with Crippen LogP contribution in [0.25, 0.3) is 0 Å². The van der Waals surface area contributed by atoms with Crippen LogP contribution < -0.4 is 5.32 Å². The lowest BCUT2D eigenvalue weighted by Crippen LogP contribution is -2.13. The van der Waals surface area contributed by atoms with Crippen molar-refractivity contribution in [1.29, 1.82) is 0 Å². The Morgan fingerprint density at radius 2 is 2.05 bits per heavy atom. The smallest absolute Gasteiger partial charge is 0.357 e. The van der Waals surface area contributed by atoms with E-state index >= 15 is 0 Å². The van der Waals surface area contributed by atoms with E-state index in [-0.39, 0.29) is 0 Å². The van der Waals surface area contributed by atoms with Crippen molar-refractivity contribution in [3.63, 3.8) is 0 Å². The third-order valence-electron chi connectivity index (χ3n) is 3.39. The van der Waals surface area contributed by atoms with Crippen LogP contribution in [0.5, 0.6) is 0 Å². The van der Waals surface area contributed by atoms with Crippen molar-refractivity contribution in [2.45, 2.75) is 19.5 Å². The molecular weight excluding hydrogens is 290 g/mol. The molecule has 0 atom stereocenters. The molecule has 0 radical (unpaired) electrons. The van der Waals surface area contributed by atoms with E-state index in [0.29, 0.717) is 36.1 Å². The van der Waals surface area contributed by atoms with E-state index in [1.165, 1.54) is 7.11 Å². The lowest BCUT2D eigenvalue weighted by molar-refractivity contribution is 0.0592. The standard InChI is InChI=1S/C15H14ClN3O2/c1-21-15(20)14-11-7-17-8-12(11)18-13(19-14)6-9-2-4-10(16)5-3-9/h2-5,17H,6-8H2,1H3. The summed E-state index contributed by atoms with van der Waals surface area (Å²) in [6, 6.07) is 7.50. The highest BCUT2D eigenvalue weighted by molar-refractivity contribution is 6.30. The SMILES string of the molecule is COC(=O)c1nc(Cc2ccc(Cl)cc2)nc2c1CNC2. The van der Waals surface area contributed by atoms with Crippen molar-refractivity contribution < 1.29 is 9.53 Å². The first kappa shape index (κ1) is 14.0. The van der Waals surface area contributed by atoms with Crippen molar-refractivity contribution in [3.05, 3.63) is 57.6 Å². The highest BCUT2D eigenvalue weighted by Gasteiger charge is 2.23. The molecule has 0 bridgehead atoms. The second-order valence-corrected chi connectivity index (χ2v) is 5.25. The number of nitrogens with zero attached hydrogens (tertiary/aromatic N) is 2. The van der Waals surface area contributed by atoms with Crippen LogP contribution in [-0.2, 0) is 24.2 Å². The third kappa shape index (κ3) is 2.89. The summed E-state index contributed by atoms with van der Waals surface area (Å²) in [7, 11) is 1.36. The molecule has 0 spiro atoms.